The summed E-state index contributed by atoms with van der Waals surface area (Å²) >= 11 is 6.79. The SMILES string of the molecule is C=CCN1C(=O)S/C(=C\c2cc(Cl)c(O)c(OCC)c2)C1=O. The van der Waals surface area contributed by atoms with Gasteiger partial charge in [0, 0.05) is 6.54 Å². The number of aromatic hydroxyl groups is 1. The molecule has 0 atom stereocenters. The molecule has 1 saturated heterocycles. The van der Waals surface area contributed by atoms with Gasteiger partial charge in [0.2, 0.25) is 0 Å². The molecular weight excluding hydrogens is 326 g/mol. The molecule has 0 unspecified atom stereocenters. The molecule has 1 aliphatic heterocycles. The van der Waals surface area contributed by atoms with Crippen molar-refractivity contribution in [1.82, 2.24) is 4.90 Å². The number of carbonyl (C=O) groups excluding carboxylic acids is 2. The predicted octanol–water partition coefficient (Wildman–Crippen LogP) is 3.67. The molecule has 0 radical (unpaired) electrons. The second-order valence-electron chi connectivity index (χ2n) is 4.36. The molecule has 1 N–H and O–H groups in total. The number of phenols is 1. The summed E-state index contributed by atoms with van der Waals surface area (Å²) in [4.78, 5) is 25.3. The fourth-order valence-corrected chi connectivity index (χ4v) is 2.95. The van der Waals surface area contributed by atoms with Crippen LogP contribution in [-0.4, -0.2) is 34.3 Å². The van der Waals surface area contributed by atoms with Crippen molar-refractivity contribution in [2.24, 2.45) is 0 Å². The molecule has 1 fully saturated rings. The van der Waals surface area contributed by atoms with E-state index >= 15 is 0 Å². The summed E-state index contributed by atoms with van der Waals surface area (Å²) in [6, 6.07) is 3.06. The zero-order valence-electron chi connectivity index (χ0n) is 11.8. The van der Waals surface area contributed by atoms with Crippen LogP contribution in [0.4, 0.5) is 4.79 Å². The minimum absolute atomic E-state index is 0.113. The minimum atomic E-state index is -0.378. The number of nitrogens with zero attached hydrogens (tertiary/aromatic N) is 1. The van der Waals surface area contributed by atoms with Crippen molar-refractivity contribution in [1.29, 1.82) is 0 Å². The number of hydrogen-bond donors (Lipinski definition) is 1. The Balaban J connectivity index is 2.35. The smallest absolute Gasteiger partial charge is 0.293 e. The van der Waals surface area contributed by atoms with Gasteiger partial charge < -0.3 is 9.84 Å². The van der Waals surface area contributed by atoms with Gasteiger partial charge in [0.25, 0.3) is 11.1 Å². The molecule has 1 aromatic carbocycles. The number of ether oxygens (including phenoxy) is 1. The quantitative estimate of drug-likeness (QED) is 0.655. The Kier molecular flexibility index (Phi) is 5.15. The highest BCUT2D eigenvalue weighted by molar-refractivity contribution is 8.18. The summed E-state index contributed by atoms with van der Waals surface area (Å²) in [5, 5.41) is 9.57. The van der Waals surface area contributed by atoms with E-state index < -0.39 is 0 Å². The zero-order valence-corrected chi connectivity index (χ0v) is 13.4. The summed E-state index contributed by atoms with van der Waals surface area (Å²) in [6.07, 6.45) is 3.03. The van der Waals surface area contributed by atoms with Crippen LogP contribution < -0.4 is 4.74 Å². The van der Waals surface area contributed by atoms with Crippen LogP contribution >= 0.6 is 23.4 Å². The summed E-state index contributed by atoms with van der Waals surface area (Å²) in [7, 11) is 0. The lowest BCUT2D eigenvalue weighted by Crippen LogP contribution is -2.27. The van der Waals surface area contributed by atoms with Gasteiger partial charge in [-0.2, -0.15) is 0 Å². The van der Waals surface area contributed by atoms with E-state index in [9.17, 15) is 14.7 Å². The van der Waals surface area contributed by atoms with Crippen molar-refractivity contribution in [2.75, 3.05) is 13.2 Å². The fraction of sp³-hybridized carbons (Fsp3) is 0.200. The first-order valence-electron chi connectivity index (χ1n) is 6.49. The molecule has 1 aliphatic rings. The monoisotopic (exact) mass is 339 g/mol. The van der Waals surface area contributed by atoms with Crippen LogP contribution in [0.2, 0.25) is 5.02 Å². The molecular formula is C15H14ClNO4S. The molecule has 5 nitrogen and oxygen atoms in total. The molecule has 0 bridgehead atoms. The Hall–Kier alpha value is -1.92. The largest absolute Gasteiger partial charge is 0.503 e. The molecule has 2 amide bonds. The Morgan fingerprint density at radius 1 is 1.45 bits per heavy atom. The highest BCUT2D eigenvalue weighted by Crippen LogP contribution is 2.38. The number of phenolic OH excluding ortho intramolecular Hbond substituents is 1. The third kappa shape index (κ3) is 3.28. The molecule has 1 heterocycles. The van der Waals surface area contributed by atoms with Crippen LogP contribution in [0.15, 0.2) is 29.7 Å². The highest BCUT2D eigenvalue weighted by atomic mass is 35.5. The lowest BCUT2D eigenvalue weighted by molar-refractivity contribution is -0.122. The summed E-state index contributed by atoms with van der Waals surface area (Å²) in [5.74, 6) is -0.302. The zero-order chi connectivity index (χ0) is 16.3. The van der Waals surface area contributed by atoms with E-state index in [1.807, 2.05) is 0 Å². The van der Waals surface area contributed by atoms with Crippen molar-refractivity contribution in [3.63, 3.8) is 0 Å². The van der Waals surface area contributed by atoms with E-state index in [2.05, 4.69) is 6.58 Å². The average molecular weight is 340 g/mol. The number of imide groups is 1. The summed E-state index contributed by atoms with van der Waals surface area (Å²) in [5.41, 5.74) is 0.565. The number of carbonyl (C=O) groups is 2. The van der Waals surface area contributed by atoms with E-state index in [1.54, 1.807) is 19.1 Å². The van der Waals surface area contributed by atoms with Crippen LogP contribution in [0.1, 0.15) is 12.5 Å². The molecule has 0 aromatic heterocycles. The third-order valence-electron chi connectivity index (χ3n) is 2.83. The first-order valence-corrected chi connectivity index (χ1v) is 7.69. The van der Waals surface area contributed by atoms with Gasteiger partial charge in [0.15, 0.2) is 11.5 Å². The number of amides is 2. The van der Waals surface area contributed by atoms with Crippen molar-refractivity contribution in [3.05, 3.63) is 40.3 Å². The number of halogens is 1. The number of rotatable bonds is 5. The Morgan fingerprint density at radius 2 is 2.18 bits per heavy atom. The van der Waals surface area contributed by atoms with E-state index in [0.717, 1.165) is 16.7 Å². The van der Waals surface area contributed by atoms with Crippen LogP contribution in [0.3, 0.4) is 0 Å². The van der Waals surface area contributed by atoms with Gasteiger partial charge in [-0.25, -0.2) is 0 Å². The van der Waals surface area contributed by atoms with Crippen molar-refractivity contribution in [3.8, 4) is 11.5 Å². The van der Waals surface area contributed by atoms with Gasteiger partial charge in [0.05, 0.1) is 16.5 Å². The molecule has 2 rings (SSSR count). The van der Waals surface area contributed by atoms with E-state index in [0.29, 0.717) is 12.2 Å². The van der Waals surface area contributed by atoms with Gasteiger partial charge in [-0.05, 0) is 42.5 Å². The number of benzene rings is 1. The Labute approximate surface area is 137 Å². The lowest BCUT2D eigenvalue weighted by atomic mass is 10.2. The number of thioether (sulfide) groups is 1. The molecule has 7 heteroatoms. The van der Waals surface area contributed by atoms with E-state index in [1.165, 1.54) is 12.1 Å². The second kappa shape index (κ2) is 6.89. The van der Waals surface area contributed by atoms with Crippen molar-refractivity contribution in [2.45, 2.75) is 6.92 Å². The molecule has 116 valence electrons. The first kappa shape index (κ1) is 16.5. The van der Waals surface area contributed by atoms with E-state index in [-0.39, 0.29) is 39.1 Å². The Bertz CT molecular complexity index is 672. The number of hydrogen-bond acceptors (Lipinski definition) is 5. The third-order valence-corrected chi connectivity index (χ3v) is 4.03. The molecule has 0 spiro atoms. The topological polar surface area (TPSA) is 66.8 Å². The van der Waals surface area contributed by atoms with Gasteiger partial charge in [-0.15, -0.1) is 6.58 Å². The van der Waals surface area contributed by atoms with Crippen LogP contribution in [0.25, 0.3) is 6.08 Å². The van der Waals surface area contributed by atoms with Crippen LogP contribution in [0, 0.1) is 0 Å². The average Bonchev–Trinajstić information content (AvgIpc) is 2.72. The predicted molar refractivity (Wildman–Crippen MR) is 87.2 cm³/mol. The maximum Gasteiger partial charge on any atom is 0.293 e. The molecule has 0 saturated carbocycles. The van der Waals surface area contributed by atoms with E-state index in [4.69, 9.17) is 16.3 Å². The standard InChI is InChI=1S/C15H14ClNO4S/c1-3-5-17-14(19)12(22-15(17)20)8-9-6-10(16)13(18)11(7-9)21-4-2/h3,6-8,18H,1,4-5H2,2H3/b12-8-. The van der Waals surface area contributed by atoms with Gasteiger partial charge in [0.1, 0.15) is 0 Å². The highest BCUT2D eigenvalue weighted by Gasteiger charge is 2.34. The fourth-order valence-electron chi connectivity index (χ4n) is 1.88. The van der Waals surface area contributed by atoms with Gasteiger partial charge in [-0.3, -0.25) is 14.5 Å². The van der Waals surface area contributed by atoms with Gasteiger partial charge >= 0.3 is 0 Å². The van der Waals surface area contributed by atoms with Crippen molar-refractivity contribution < 1.29 is 19.4 Å². The van der Waals surface area contributed by atoms with Gasteiger partial charge in [-0.1, -0.05) is 17.7 Å². The minimum Gasteiger partial charge on any atom is -0.503 e. The van der Waals surface area contributed by atoms with Crippen LogP contribution in [0.5, 0.6) is 11.5 Å². The molecule has 0 aliphatic carbocycles. The van der Waals surface area contributed by atoms with Crippen molar-refractivity contribution >= 4 is 40.6 Å². The molecule has 22 heavy (non-hydrogen) atoms. The van der Waals surface area contributed by atoms with Crippen LogP contribution in [-0.2, 0) is 4.79 Å². The summed E-state index contributed by atoms with van der Waals surface area (Å²) in [6.45, 7) is 5.83. The molecule has 1 aromatic rings. The lowest BCUT2D eigenvalue weighted by Gasteiger charge is -2.09. The summed E-state index contributed by atoms with van der Waals surface area (Å²) < 4.78 is 5.28. The first-order chi connectivity index (χ1) is 10.5. The maximum atomic E-state index is 12.1. The Morgan fingerprint density at radius 3 is 2.82 bits per heavy atom. The normalized spacial score (nSPS) is 16.5. The maximum absolute atomic E-state index is 12.1. The second-order valence-corrected chi connectivity index (χ2v) is 5.76.